The maximum Gasteiger partial charge on any atom is 0.0667 e. The van der Waals surface area contributed by atoms with Crippen molar-refractivity contribution >= 4 is 59.7 Å². The molecule has 0 bridgehead atoms. The van der Waals surface area contributed by atoms with Gasteiger partial charge in [0.2, 0.25) is 0 Å². The van der Waals surface area contributed by atoms with Crippen molar-refractivity contribution in [3.05, 3.63) is 0 Å². The molecular weight excluding hydrogens is 312 g/mol. The fourth-order valence-corrected chi connectivity index (χ4v) is 9.74. The van der Waals surface area contributed by atoms with Gasteiger partial charge in [0.15, 0.2) is 0 Å². The van der Waals surface area contributed by atoms with Crippen LogP contribution in [0.3, 0.4) is 0 Å². The van der Waals surface area contributed by atoms with E-state index in [1.165, 1.54) is 0 Å². The lowest BCUT2D eigenvalue weighted by Gasteiger charge is -2.34. The van der Waals surface area contributed by atoms with Crippen molar-refractivity contribution in [2.24, 2.45) is 0 Å². The maximum absolute atomic E-state index is 9.19. The van der Waals surface area contributed by atoms with E-state index in [1.807, 2.05) is 47.0 Å². The average Bonchev–Trinajstić information content (AvgIpc) is 2.98. The molecule has 17 heavy (non-hydrogen) atoms. The monoisotopic (exact) mass is 330 g/mol. The lowest BCUT2D eigenvalue weighted by Crippen LogP contribution is -2.36. The standard InChI is InChI=1S/C10H18O2S5/c1-10(13,8-14-4-6(2-11)16-8)9-15-5-7(3-12)17-9/h6-9,11-13H,2-5H2,1H3. The van der Waals surface area contributed by atoms with Gasteiger partial charge in [0.25, 0.3) is 0 Å². The maximum atomic E-state index is 9.19. The van der Waals surface area contributed by atoms with Crippen LogP contribution < -0.4 is 0 Å². The molecule has 0 saturated carbocycles. The zero-order valence-corrected chi connectivity index (χ0v) is 13.8. The first-order valence-electron chi connectivity index (χ1n) is 5.56. The van der Waals surface area contributed by atoms with Crippen molar-refractivity contribution < 1.29 is 10.2 Å². The van der Waals surface area contributed by atoms with E-state index < -0.39 is 0 Å². The average molecular weight is 331 g/mol. The van der Waals surface area contributed by atoms with Gasteiger partial charge in [-0.2, -0.15) is 12.6 Å². The van der Waals surface area contributed by atoms with Crippen molar-refractivity contribution in [2.75, 3.05) is 24.7 Å². The Kier molecular flexibility index (Phi) is 5.68. The van der Waals surface area contributed by atoms with Crippen molar-refractivity contribution in [1.29, 1.82) is 0 Å². The summed E-state index contributed by atoms with van der Waals surface area (Å²) in [6.07, 6.45) is 0. The van der Waals surface area contributed by atoms with Crippen molar-refractivity contribution in [3.8, 4) is 0 Å². The van der Waals surface area contributed by atoms with Gasteiger partial charge in [0.1, 0.15) is 0 Å². The third-order valence-electron chi connectivity index (χ3n) is 2.86. The number of hydrogen-bond acceptors (Lipinski definition) is 7. The second-order valence-corrected chi connectivity index (χ2v) is 11.1. The minimum atomic E-state index is -0.0570. The Morgan fingerprint density at radius 2 is 1.47 bits per heavy atom. The van der Waals surface area contributed by atoms with E-state index in [0.29, 0.717) is 19.7 Å². The summed E-state index contributed by atoms with van der Waals surface area (Å²) in [5.74, 6) is 2.04. The largest absolute Gasteiger partial charge is 0.395 e. The van der Waals surface area contributed by atoms with Crippen LogP contribution in [-0.4, -0.2) is 59.3 Å². The summed E-state index contributed by atoms with van der Waals surface area (Å²) in [5, 5.41) is 19.1. The number of thiol groups is 1. The first-order valence-corrected chi connectivity index (χ1v) is 9.99. The van der Waals surface area contributed by atoms with Crippen molar-refractivity contribution in [1.82, 2.24) is 0 Å². The molecule has 2 aliphatic rings. The van der Waals surface area contributed by atoms with Gasteiger partial charge in [-0.1, -0.05) is 0 Å². The van der Waals surface area contributed by atoms with E-state index in [4.69, 9.17) is 12.6 Å². The quantitative estimate of drug-likeness (QED) is 0.685. The molecular formula is C10H18O2S5. The molecule has 0 aromatic rings. The van der Waals surface area contributed by atoms with Crippen LogP contribution >= 0.6 is 59.7 Å². The first-order chi connectivity index (χ1) is 8.07. The molecule has 4 unspecified atom stereocenters. The highest BCUT2D eigenvalue weighted by Crippen LogP contribution is 2.55. The van der Waals surface area contributed by atoms with Gasteiger partial charge in [-0.05, 0) is 6.92 Å². The normalized spacial score (nSPS) is 41.6. The molecule has 0 aromatic carbocycles. The van der Waals surface area contributed by atoms with E-state index in [1.54, 1.807) is 0 Å². The van der Waals surface area contributed by atoms with Crippen LogP contribution in [0.5, 0.6) is 0 Å². The summed E-state index contributed by atoms with van der Waals surface area (Å²) in [6.45, 7) is 2.73. The molecule has 0 amide bonds. The Morgan fingerprint density at radius 1 is 1.06 bits per heavy atom. The van der Waals surface area contributed by atoms with Crippen LogP contribution in [-0.2, 0) is 0 Å². The van der Waals surface area contributed by atoms with Gasteiger partial charge < -0.3 is 10.2 Å². The van der Waals surface area contributed by atoms with E-state index in [9.17, 15) is 10.2 Å². The molecule has 0 aliphatic carbocycles. The van der Waals surface area contributed by atoms with E-state index in [2.05, 4.69) is 6.92 Å². The second-order valence-electron chi connectivity index (χ2n) is 4.44. The van der Waals surface area contributed by atoms with Crippen LogP contribution in [0.25, 0.3) is 0 Å². The van der Waals surface area contributed by atoms with Crippen molar-refractivity contribution in [2.45, 2.75) is 31.3 Å². The zero-order valence-electron chi connectivity index (χ0n) is 9.61. The smallest absolute Gasteiger partial charge is 0.0667 e. The summed E-state index contributed by atoms with van der Waals surface area (Å²) in [7, 11) is 0. The minimum absolute atomic E-state index is 0.0570. The number of hydrogen-bond donors (Lipinski definition) is 3. The lowest BCUT2D eigenvalue weighted by atomic mass is 10.2. The van der Waals surface area contributed by atoms with Crippen LogP contribution in [0.1, 0.15) is 6.92 Å². The highest BCUT2D eigenvalue weighted by atomic mass is 32.2. The van der Waals surface area contributed by atoms with E-state index in [0.717, 1.165) is 11.5 Å². The van der Waals surface area contributed by atoms with Gasteiger partial charge in [0, 0.05) is 22.0 Å². The Hall–Kier alpha value is 1.67. The lowest BCUT2D eigenvalue weighted by molar-refractivity contribution is 0.301. The van der Waals surface area contributed by atoms with Crippen LogP contribution in [0, 0.1) is 0 Å². The van der Waals surface area contributed by atoms with Gasteiger partial charge in [-0.15, -0.1) is 47.0 Å². The van der Waals surface area contributed by atoms with Gasteiger partial charge >= 0.3 is 0 Å². The minimum Gasteiger partial charge on any atom is -0.395 e. The van der Waals surface area contributed by atoms with Gasteiger partial charge in [0.05, 0.1) is 27.1 Å². The Morgan fingerprint density at radius 3 is 1.76 bits per heavy atom. The second kappa shape index (κ2) is 6.41. The molecule has 2 fully saturated rings. The number of aliphatic hydroxyl groups excluding tert-OH is 2. The van der Waals surface area contributed by atoms with Crippen molar-refractivity contribution in [3.63, 3.8) is 0 Å². The molecule has 2 aliphatic heterocycles. The third-order valence-corrected chi connectivity index (χ3v) is 11.6. The number of aliphatic hydroxyl groups is 2. The van der Waals surface area contributed by atoms with Crippen LogP contribution in [0.4, 0.5) is 0 Å². The molecule has 0 radical (unpaired) electrons. The predicted molar refractivity (Wildman–Crippen MR) is 86.8 cm³/mol. The molecule has 2 heterocycles. The summed E-state index contributed by atoms with van der Waals surface area (Å²) in [6, 6.07) is 0. The van der Waals surface area contributed by atoms with E-state index >= 15 is 0 Å². The topological polar surface area (TPSA) is 40.5 Å². The molecule has 2 rings (SSSR count). The summed E-state index contributed by atoms with van der Waals surface area (Å²) >= 11 is 12.4. The predicted octanol–water partition coefficient (Wildman–Crippen LogP) is 2.01. The molecule has 4 atom stereocenters. The first kappa shape index (κ1) is 15.1. The van der Waals surface area contributed by atoms with Crippen LogP contribution in [0.2, 0.25) is 0 Å². The van der Waals surface area contributed by atoms with Crippen LogP contribution in [0.15, 0.2) is 0 Å². The van der Waals surface area contributed by atoms with Gasteiger partial charge in [-0.3, -0.25) is 0 Å². The molecule has 2 nitrogen and oxygen atoms in total. The molecule has 7 heteroatoms. The Bertz CT molecular complexity index is 239. The number of thioether (sulfide) groups is 4. The Balaban J connectivity index is 1.94. The zero-order chi connectivity index (χ0) is 12.5. The van der Waals surface area contributed by atoms with E-state index in [-0.39, 0.29) is 18.0 Å². The molecule has 2 saturated heterocycles. The number of rotatable bonds is 4. The highest BCUT2D eigenvalue weighted by molar-refractivity contribution is 8.23. The molecule has 100 valence electrons. The fraction of sp³-hybridized carbons (Fsp3) is 1.00. The highest BCUT2D eigenvalue weighted by Gasteiger charge is 2.46. The summed E-state index contributed by atoms with van der Waals surface area (Å²) < 4.78 is 0.814. The van der Waals surface area contributed by atoms with Gasteiger partial charge in [-0.25, -0.2) is 0 Å². The SMILES string of the molecule is CC(S)(C1SCC(CO)S1)C1SCC(CO)S1. The molecule has 0 aromatic heterocycles. The fourth-order valence-electron chi connectivity index (χ4n) is 1.81. The molecule has 2 N–H and O–H groups in total. The summed E-state index contributed by atoms with van der Waals surface area (Å²) in [4.78, 5) is 0. The molecule has 0 spiro atoms. The Labute approximate surface area is 125 Å². The summed E-state index contributed by atoms with van der Waals surface area (Å²) in [5.41, 5.74) is 0. The third kappa shape index (κ3) is 3.41.